The number of nitriles is 1. The smallest absolute Gasteiger partial charge is 0.319 e. The first-order valence-corrected chi connectivity index (χ1v) is 15.0. The first kappa shape index (κ1) is 26.8. The Bertz CT molecular complexity index is 1620. The molecule has 2 saturated heterocycles. The van der Waals surface area contributed by atoms with Gasteiger partial charge in [0.15, 0.2) is 0 Å². The van der Waals surface area contributed by atoms with Gasteiger partial charge in [-0.2, -0.15) is 15.2 Å². The van der Waals surface area contributed by atoms with E-state index in [-0.39, 0.29) is 30.2 Å². The van der Waals surface area contributed by atoms with E-state index in [1.807, 2.05) is 23.1 Å². The molecule has 2 aliphatic heterocycles. The van der Waals surface area contributed by atoms with Crippen molar-refractivity contribution in [2.24, 2.45) is 5.92 Å². The van der Waals surface area contributed by atoms with E-state index in [0.717, 1.165) is 31.4 Å². The molecule has 8 nitrogen and oxygen atoms in total. The van der Waals surface area contributed by atoms with Gasteiger partial charge in [-0.1, -0.05) is 24.8 Å². The van der Waals surface area contributed by atoms with Gasteiger partial charge in [-0.25, -0.2) is 4.39 Å². The topological polar surface area (TPSA) is 85.6 Å². The predicted molar refractivity (Wildman–Crippen MR) is 159 cm³/mol. The van der Waals surface area contributed by atoms with Gasteiger partial charge in [0.2, 0.25) is 5.91 Å². The van der Waals surface area contributed by atoms with Crippen molar-refractivity contribution in [1.29, 1.82) is 5.26 Å². The number of likely N-dealkylation sites (N-methyl/N-ethyl adjacent to an activating group) is 1. The predicted octanol–water partition coefficient (Wildman–Crippen LogP) is 4.69. The zero-order valence-electron chi connectivity index (χ0n) is 23.9. The second kappa shape index (κ2) is 10.7. The lowest BCUT2D eigenvalue weighted by Gasteiger charge is -2.41. The number of carbonyl (C=O) groups is 1. The van der Waals surface area contributed by atoms with Crippen LogP contribution in [-0.2, 0) is 11.2 Å². The zero-order chi connectivity index (χ0) is 29.0. The summed E-state index contributed by atoms with van der Waals surface area (Å²) in [5, 5.41) is 10.1. The minimum absolute atomic E-state index is 0.177. The Hall–Kier alpha value is -4.03. The molecule has 3 heterocycles. The number of piperazine rings is 1. The number of likely N-dealkylation sites (tertiary alicyclic amines) is 1. The minimum atomic E-state index is -0.335. The standard InChI is InChI=1S/C33H35FN6O2/c1-3-30(41)40-13-12-39(18-22(40)9-10-35)32-27-16-28(34)26(24-8-4-6-20-14-21-15-25(21)31(20)24)17-29(27)36-33(37-32)42-19-23-7-5-11-38(23)2/h3-4,6,8,16-17,21-23,25H,1,5,7,9,11-15,18-19H2,2H3/t21?,22-,23-,25?/m0/s1. The van der Waals surface area contributed by atoms with Crippen molar-refractivity contribution in [2.75, 3.05) is 44.7 Å². The van der Waals surface area contributed by atoms with Gasteiger partial charge in [0.1, 0.15) is 18.2 Å². The number of carbonyl (C=O) groups excluding carboxylic acids is 1. The normalized spacial score (nSPS) is 24.8. The third-order valence-corrected chi connectivity index (χ3v) is 9.65. The Labute approximate surface area is 245 Å². The second-order valence-electron chi connectivity index (χ2n) is 12.1. The van der Waals surface area contributed by atoms with Crippen molar-refractivity contribution in [3.8, 4) is 23.2 Å². The number of hydrogen-bond donors (Lipinski definition) is 0. The van der Waals surface area contributed by atoms with Crippen molar-refractivity contribution >= 4 is 22.6 Å². The molecule has 0 radical (unpaired) electrons. The summed E-state index contributed by atoms with van der Waals surface area (Å²) in [7, 11) is 2.10. The average Bonchev–Trinajstić information content (AvgIpc) is 3.47. The highest BCUT2D eigenvalue weighted by Gasteiger charge is 2.46. The van der Waals surface area contributed by atoms with E-state index in [4.69, 9.17) is 14.7 Å². The van der Waals surface area contributed by atoms with Crippen LogP contribution >= 0.6 is 0 Å². The summed E-state index contributed by atoms with van der Waals surface area (Å²) in [6.07, 6.45) is 5.91. The molecule has 3 fully saturated rings. The Kier molecular flexibility index (Phi) is 6.82. The molecule has 3 aromatic rings. The molecule has 4 aliphatic rings. The molecule has 2 unspecified atom stereocenters. The maximum Gasteiger partial charge on any atom is 0.319 e. The monoisotopic (exact) mass is 566 g/mol. The van der Waals surface area contributed by atoms with Crippen LogP contribution in [0, 0.1) is 23.1 Å². The summed E-state index contributed by atoms with van der Waals surface area (Å²) >= 11 is 0. The molecule has 2 aliphatic carbocycles. The Morgan fingerprint density at radius 2 is 2.10 bits per heavy atom. The summed E-state index contributed by atoms with van der Waals surface area (Å²) in [4.78, 5) is 28.1. The highest BCUT2D eigenvalue weighted by molar-refractivity contribution is 5.94. The summed E-state index contributed by atoms with van der Waals surface area (Å²) in [5.41, 5.74) is 4.75. The lowest BCUT2D eigenvalue weighted by molar-refractivity contribution is -0.128. The number of halogens is 1. The van der Waals surface area contributed by atoms with Crippen LogP contribution in [0.5, 0.6) is 6.01 Å². The summed E-state index contributed by atoms with van der Waals surface area (Å²) in [5.74, 6) is 1.28. The second-order valence-corrected chi connectivity index (χ2v) is 12.1. The third kappa shape index (κ3) is 4.68. The molecule has 216 valence electrons. The van der Waals surface area contributed by atoms with Crippen LogP contribution in [-0.4, -0.2) is 77.6 Å². The summed E-state index contributed by atoms with van der Waals surface area (Å²) < 4.78 is 22.3. The van der Waals surface area contributed by atoms with Crippen LogP contribution in [0.3, 0.4) is 0 Å². The fourth-order valence-electron chi connectivity index (χ4n) is 7.29. The van der Waals surface area contributed by atoms with Gasteiger partial charge in [-0.05, 0) is 86.0 Å². The number of benzene rings is 2. The van der Waals surface area contributed by atoms with Crippen LogP contribution in [0.1, 0.15) is 42.7 Å². The van der Waals surface area contributed by atoms with E-state index in [2.05, 4.69) is 30.7 Å². The molecule has 2 aromatic carbocycles. The Morgan fingerprint density at radius 3 is 2.88 bits per heavy atom. The van der Waals surface area contributed by atoms with E-state index in [1.54, 1.807) is 11.0 Å². The molecule has 1 saturated carbocycles. The van der Waals surface area contributed by atoms with E-state index < -0.39 is 0 Å². The average molecular weight is 567 g/mol. The molecule has 4 atom stereocenters. The molecule has 0 N–H and O–H groups in total. The highest BCUT2D eigenvalue weighted by Crippen LogP contribution is 2.58. The first-order valence-electron chi connectivity index (χ1n) is 15.0. The Balaban J connectivity index is 1.29. The van der Waals surface area contributed by atoms with Crippen LogP contribution < -0.4 is 9.64 Å². The van der Waals surface area contributed by atoms with Crippen molar-refractivity contribution in [2.45, 2.75) is 50.1 Å². The van der Waals surface area contributed by atoms with Crippen molar-refractivity contribution in [3.05, 3.63) is 59.9 Å². The number of rotatable bonds is 7. The fourth-order valence-corrected chi connectivity index (χ4v) is 7.29. The molecule has 1 amide bonds. The molecular formula is C33H35FN6O2. The number of ether oxygens (including phenoxy) is 1. The molecular weight excluding hydrogens is 531 g/mol. The molecule has 42 heavy (non-hydrogen) atoms. The van der Waals surface area contributed by atoms with Gasteiger partial charge in [-0.15, -0.1) is 0 Å². The van der Waals surface area contributed by atoms with Crippen LogP contribution in [0.15, 0.2) is 43.0 Å². The number of amides is 1. The number of nitrogens with zero attached hydrogens (tertiary/aromatic N) is 6. The van der Waals surface area contributed by atoms with Gasteiger partial charge < -0.3 is 19.4 Å². The molecule has 0 spiro atoms. The van der Waals surface area contributed by atoms with Gasteiger partial charge in [-0.3, -0.25) is 4.79 Å². The SMILES string of the molecule is C=CC(=O)N1CCN(c2nc(OC[C@@H]3CCCN3C)nc3cc(-c4cccc5c4C4CC4C5)c(F)cc23)C[C@@H]1CC#N. The number of anilines is 1. The van der Waals surface area contributed by atoms with Gasteiger partial charge in [0.05, 0.1) is 24.0 Å². The molecule has 0 bridgehead atoms. The van der Waals surface area contributed by atoms with Crippen LogP contribution in [0.25, 0.3) is 22.0 Å². The maximum absolute atomic E-state index is 16.1. The van der Waals surface area contributed by atoms with Crippen molar-refractivity contribution in [1.82, 2.24) is 19.8 Å². The van der Waals surface area contributed by atoms with Crippen molar-refractivity contribution < 1.29 is 13.9 Å². The van der Waals surface area contributed by atoms with E-state index >= 15 is 4.39 Å². The van der Waals surface area contributed by atoms with Crippen LogP contribution in [0.4, 0.5) is 10.2 Å². The summed E-state index contributed by atoms with van der Waals surface area (Å²) in [6, 6.07) is 12.1. The lowest BCUT2D eigenvalue weighted by Crippen LogP contribution is -2.55. The van der Waals surface area contributed by atoms with E-state index in [1.165, 1.54) is 23.6 Å². The number of hydrogen-bond acceptors (Lipinski definition) is 7. The molecule has 7 rings (SSSR count). The van der Waals surface area contributed by atoms with Crippen LogP contribution in [0.2, 0.25) is 0 Å². The fraction of sp³-hybridized carbons (Fsp3) is 0.455. The summed E-state index contributed by atoms with van der Waals surface area (Å²) in [6.45, 7) is 6.42. The first-order chi connectivity index (χ1) is 20.4. The number of fused-ring (bicyclic) bond motifs is 4. The quantitative estimate of drug-likeness (QED) is 0.384. The zero-order valence-corrected chi connectivity index (χ0v) is 23.9. The molecule has 1 aromatic heterocycles. The van der Waals surface area contributed by atoms with E-state index in [0.29, 0.717) is 66.4 Å². The number of aromatic nitrogens is 2. The van der Waals surface area contributed by atoms with Crippen molar-refractivity contribution in [3.63, 3.8) is 0 Å². The molecule has 9 heteroatoms. The van der Waals surface area contributed by atoms with Gasteiger partial charge in [0, 0.05) is 36.6 Å². The highest BCUT2D eigenvalue weighted by atomic mass is 19.1. The van der Waals surface area contributed by atoms with Gasteiger partial charge in [0.25, 0.3) is 0 Å². The van der Waals surface area contributed by atoms with Gasteiger partial charge >= 0.3 is 6.01 Å². The largest absolute Gasteiger partial charge is 0.462 e. The third-order valence-electron chi connectivity index (χ3n) is 9.65. The Morgan fingerprint density at radius 1 is 1.21 bits per heavy atom. The minimum Gasteiger partial charge on any atom is -0.462 e. The van der Waals surface area contributed by atoms with E-state index in [9.17, 15) is 10.1 Å². The lowest BCUT2D eigenvalue weighted by atomic mass is 9.93. The maximum atomic E-state index is 16.1.